The van der Waals surface area contributed by atoms with Crippen LogP contribution in [0.4, 0.5) is 23.2 Å². The first-order valence-corrected chi connectivity index (χ1v) is 6.73. The Kier molecular flexibility index (Phi) is 4.29. The van der Waals surface area contributed by atoms with Crippen molar-refractivity contribution in [3.63, 3.8) is 0 Å². The molecule has 0 spiro atoms. The van der Waals surface area contributed by atoms with E-state index in [9.17, 15) is 21.8 Å². The quantitative estimate of drug-likeness (QED) is 0.662. The molecule has 0 heterocycles. The van der Waals surface area contributed by atoms with E-state index in [1.54, 1.807) is 0 Å². The van der Waals surface area contributed by atoms with Crippen molar-refractivity contribution in [1.29, 1.82) is 0 Å². The van der Waals surface area contributed by atoms with Gasteiger partial charge in [-0.2, -0.15) is 13.2 Å². The Morgan fingerprint density at radius 1 is 1.00 bits per heavy atom. The van der Waals surface area contributed by atoms with Gasteiger partial charge in [-0.25, -0.2) is 8.60 Å². The van der Waals surface area contributed by atoms with Gasteiger partial charge in [0.15, 0.2) is 0 Å². The van der Waals surface area contributed by atoms with Gasteiger partial charge in [0.05, 0.1) is 11.3 Å². The number of benzene rings is 2. The molecule has 0 fully saturated rings. The molecule has 2 aromatic carbocycles. The van der Waals surface area contributed by atoms with Crippen molar-refractivity contribution >= 4 is 17.0 Å². The number of hydrogen-bond donors (Lipinski definition) is 2. The molecule has 0 aromatic heterocycles. The van der Waals surface area contributed by atoms with Gasteiger partial charge in [0.1, 0.15) is 5.82 Å². The van der Waals surface area contributed by atoms with Gasteiger partial charge >= 0.3 is 6.18 Å². The minimum Gasteiger partial charge on any atom is -0.289 e. The zero-order valence-electron chi connectivity index (χ0n) is 10.3. The highest BCUT2D eigenvalue weighted by Crippen LogP contribution is 2.31. The molecule has 1 atom stereocenters. The average Bonchev–Trinajstić information content (AvgIpc) is 2.40. The van der Waals surface area contributed by atoms with E-state index in [4.69, 9.17) is 4.55 Å². The van der Waals surface area contributed by atoms with Gasteiger partial charge in [0.2, 0.25) is 0 Å². The van der Waals surface area contributed by atoms with E-state index in [0.29, 0.717) is 11.1 Å². The lowest BCUT2D eigenvalue weighted by Crippen LogP contribution is -2.04. The molecule has 0 saturated heterocycles. The van der Waals surface area contributed by atoms with Crippen LogP contribution in [0.3, 0.4) is 0 Å². The molecule has 0 radical (unpaired) electrons. The molecule has 112 valence electrons. The third-order valence-corrected chi connectivity index (χ3v) is 3.11. The minimum absolute atomic E-state index is 0.175. The van der Waals surface area contributed by atoms with Crippen LogP contribution < -0.4 is 4.72 Å². The average molecular weight is 319 g/mol. The number of rotatable bonds is 3. The summed E-state index contributed by atoms with van der Waals surface area (Å²) in [5.41, 5.74) is -0.207. The second-order valence-electron chi connectivity index (χ2n) is 4.12. The summed E-state index contributed by atoms with van der Waals surface area (Å²) in [6.45, 7) is 0. The predicted molar refractivity (Wildman–Crippen MR) is 71.2 cm³/mol. The zero-order chi connectivity index (χ0) is 15.6. The molecular weight excluding hydrogens is 310 g/mol. The Morgan fingerprint density at radius 2 is 1.57 bits per heavy atom. The lowest BCUT2D eigenvalue weighted by molar-refractivity contribution is -0.137. The Labute approximate surface area is 120 Å². The maximum atomic E-state index is 13.7. The molecule has 3 nitrogen and oxygen atoms in total. The Bertz CT molecular complexity index is 671. The van der Waals surface area contributed by atoms with Crippen molar-refractivity contribution in [2.24, 2.45) is 0 Å². The lowest BCUT2D eigenvalue weighted by Gasteiger charge is -2.09. The second kappa shape index (κ2) is 5.82. The fraction of sp³-hybridized carbons (Fsp3) is 0.0769. The molecule has 0 amide bonds. The van der Waals surface area contributed by atoms with Crippen molar-refractivity contribution in [3.8, 4) is 11.1 Å². The first-order valence-electron chi connectivity index (χ1n) is 5.62. The highest BCUT2D eigenvalue weighted by Gasteiger charge is 2.29. The van der Waals surface area contributed by atoms with Crippen molar-refractivity contribution in [3.05, 3.63) is 53.8 Å². The van der Waals surface area contributed by atoms with E-state index in [1.807, 2.05) is 4.72 Å². The minimum atomic E-state index is -4.43. The van der Waals surface area contributed by atoms with E-state index in [2.05, 4.69) is 0 Å². The maximum absolute atomic E-state index is 13.7. The molecular formula is C13H9F4NO2S. The molecule has 8 heteroatoms. The third-order valence-electron chi connectivity index (χ3n) is 2.71. The van der Waals surface area contributed by atoms with Crippen LogP contribution in [-0.4, -0.2) is 8.76 Å². The fourth-order valence-corrected chi connectivity index (χ4v) is 2.08. The van der Waals surface area contributed by atoms with E-state index in [-0.39, 0.29) is 5.69 Å². The summed E-state index contributed by atoms with van der Waals surface area (Å²) < 4.78 is 72.1. The fourth-order valence-electron chi connectivity index (χ4n) is 1.72. The summed E-state index contributed by atoms with van der Waals surface area (Å²) in [5.74, 6) is -0.783. The summed E-state index contributed by atoms with van der Waals surface area (Å²) in [6.07, 6.45) is -4.43. The molecule has 0 saturated carbocycles. The molecule has 0 bridgehead atoms. The lowest BCUT2D eigenvalue weighted by atomic mass is 10.0. The van der Waals surface area contributed by atoms with Crippen molar-refractivity contribution < 1.29 is 26.3 Å². The molecule has 2 aromatic rings. The monoisotopic (exact) mass is 319 g/mol. The summed E-state index contributed by atoms with van der Waals surface area (Å²) in [6, 6.07) is 8.00. The Hall–Kier alpha value is -1.93. The molecule has 2 N–H and O–H groups in total. The van der Waals surface area contributed by atoms with Gasteiger partial charge < -0.3 is 0 Å². The smallest absolute Gasteiger partial charge is 0.289 e. The van der Waals surface area contributed by atoms with Crippen LogP contribution in [-0.2, 0) is 17.4 Å². The molecule has 2 rings (SSSR count). The number of nitrogens with one attached hydrogen (secondary N) is 1. The van der Waals surface area contributed by atoms with E-state index >= 15 is 0 Å². The third kappa shape index (κ3) is 3.79. The van der Waals surface area contributed by atoms with Crippen LogP contribution in [0.1, 0.15) is 5.56 Å². The van der Waals surface area contributed by atoms with Gasteiger partial charge in [0.25, 0.3) is 11.3 Å². The first-order chi connectivity index (χ1) is 9.77. The highest BCUT2D eigenvalue weighted by molar-refractivity contribution is 7.80. The Morgan fingerprint density at radius 3 is 2.05 bits per heavy atom. The number of halogens is 4. The summed E-state index contributed by atoms with van der Waals surface area (Å²) in [7, 11) is 0. The first kappa shape index (κ1) is 15.5. The number of anilines is 1. The van der Waals surface area contributed by atoms with E-state index < -0.39 is 28.8 Å². The normalized spacial score (nSPS) is 13.0. The van der Waals surface area contributed by atoms with Crippen LogP contribution in [0.2, 0.25) is 0 Å². The summed E-state index contributed by atoms with van der Waals surface area (Å²) in [4.78, 5) is 0. The molecule has 21 heavy (non-hydrogen) atoms. The van der Waals surface area contributed by atoms with Crippen molar-refractivity contribution in [1.82, 2.24) is 0 Å². The van der Waals surface area contributed by atoms with Gasteiger partial charge in [-0.15, -0.1) is 0 Å². The van der Waals surface area contributed by atoms with Crippen LogP contribution in [0, 0.1) is 5.82 Å². The van der Waals surface area contributed by atoms with Crippen LogP contribution in [0.15, 0.2) is 42.5 Å². The van der Waals surface area contributed by atoms with Gasteiger partial charge in [-0.3, -0.25) is 9.27 Å². The SMILES string of the molecule is O=S(O)Nc1ccc(-c2ccc(C(F)(F)F)cc2)cc1F. The van der Waals surface area contributed by atoms with Crippen molar-refractivity contribution in [2.75, 3.05) is 4.72 Å². The van der Waals surface area contributed by atoms with Crippen molar-refractivity contribution in [2.45, 2.75) is 6.18 Å². The van der Waals surface area contributed by atoms with Gasteiger partial charge in [-0.1, -0.05) is 18.2 Å². The van der Waals surface area contributed by atoms with E-state index in [0.717, 1.165) is 18.2 Å². The molecule has 0 aliphatic heterocycles. The molecule has 0 aliphatic rings. The number of alkyl halides is 3. The number of hydrogen-bond acceptors (Lipinski definition) is 1. The summed E-state index contributed by atoms with van der Waals surface area (Å²) in [5, 5.41) is 0. The largest absolute Gasteiger partial charge is 0.416 e. The summed E-state index contributed by atoms with van der Waals surface area (Å²) >= 11 is -2.41. The zero-order valence-corrected chi connectivity index (χ0v) is 11.1. The maximum Gasteiger partial charge on any atom is 0.416 e. The van der Waals surface area contributed by atoms with Crippen LogP contribution in [0.25, 0.3) is 11.1 Å². The second-order valence-corrected chi connectivity index (χ2v) is 4.82. The van der Waals surface area contributed by atoms with Crippen LogP contribution in [0.5, 0.6) is 0 Å². The molecule has 0 aliphatic carbocycles. The highest BCUT2D eigenvalue weighted by atomic mass is 32.2. The topological polar surface area (TPSA) is 49.3 Å². The van der Waals surface area contributed by atoms with Crippen LogP contribution >= 0.6 is 0 Å². The molecule has 1 unspecified atom stereocenters. The van der Waals surface area contributed by atoms with Gasteiger partial charge in [0, 0.05) is 0 Å². The van der Waals surface area contributed by atoms with E-state index in [1.165, 1.54) is 24.3 Å². The van der Waals surface area contributed by atoms with Gasteiger partial charge in [-0.05, 0) is 35.4 Å². The predicted octanol–water partition coefficient (Wildman–Crippen LogP) is 4.06. The Balaban J connectivity index is 2.30. The standard InChI is InChI=1S/C13H9F4NO2S/c14-11-7-9(3-6-12(11)18-21(19)20)8-1-4-10(5-2-8)13(15,16)17/h1-7,18H,(H,19,20).